The van der Waals surface area contributed by atoms with Crippen LogP contribution in [-0.2, 0) is 9.59 Å². The third-order valence-corrected chi connectivity index (χ3v) is 3.94. The second-order valence-corrected chi connectivity index (χ2v) is 5.60. The Labute approximate surface area is 121 Å². The number of carbonyl (C=O) groups is 2. The van der Waals surface area contributed by atoms with E-state index < -0.39 is 5.97 Å². The van der Waals surface area contributed by atoms with Gasteiger partial charge in [0.1, 0.15) is 0 Å². The second kappa shape index (κ2) is 6.09. The molecular weight excluding hydrogens is 276 g/mol. The quantitative estimate of drug-likeness (QED) is 0.921. The summed E-state index contributed by atoms with van der Waals surface area (Å²) in [6, 6.07) is 5.98. The predicted molar refractivity (Wildman–Crippen MR) is 80.4 cm³/mol. The molecule has 1 aromatic carbocycles. The monoisotopic (exact) mass is 292 g/mol. The topological polar surface area (TPSA) is 70.0 Å². The Hall–Kier alpha value is -1.82. The molecule has 5 nitrogen and oxygen atoms in total. The van der Waals surface area contributed by atoms with Crippen molar-refractivity contribution in [2.75, 3.05) is 17.2 Å². The van der Waals surface area contributed by atoms with E-state index in [-0.39, 0.29) is 12.3 Å². The van der Waals surface area contributed by atoms with Gasteiger partial charge >= 0.3 is 5.97 Å². The molecule has 1 amide bonds. The number of benzene rings is 1. The Morgan fingerprint density at radius 3 is 2.80 bits per heavy atom. The van der Waals surface area contributed by atoms with Crippen LogP contribution in [0.5, 0.6) is 0 Å². The maximum atomic E-state index is 11.3. The number of rotatable bonds is 4. The molecule has 0 bridgehead atoms. The largest absolute Gasteiger partial charge is 0.481 e. The number of nitrogens with zero attached hydrogens (tertiary/aromatic N) is 2. The van der Waals surface area contributed by atoms with Gasteiger partial charge in [-0.2, -0.15) is 4.99 Å². The first kappa shape index (κ1) is 14.6. The van der Waals surface area contributed by atoms with E-state index in [0.717, 1.165) is 16.8 Å². The molecule has 20 heavy (non-hydrogen) atoms. The number of carboxylic acids is 1. The molecule has 0 spiro atoms. The number of amides is 1. The third kappa shape index (κ3) is 3.39. The van der Waals surface area contributed by atoms with E-state index in [1.807, 2.05) is 36.9 Å². The molecule has 1 aliphatic heterocycles. The van der Waals surface area contributed by atoms with Gasteiger partial charge in [-0.05, 0) is 31.0 Å². The highest BCUT2D eigenvalue weighted by Gasteiger charge is 2.23. The van der Waals surface area contributed by atoms with Gasteiger partial charge in [-0.25, -0.2) is 0 Å². The van der Waals surface area contributed by atoms with Crippen molar-refractivity contribution in [3.63, 3.8) is 0 Å². The minimum atomic E-state index is -0.866. The molecule has 0 aliphatic carbocycles. The van der Waals surface area contributed by atoms with Crippen LogP contribution in [0.3, 0.4) is 0 Å². The summed E-state index contributed by atoms with van der Waals surface area (Å²) in [5.74, 6) is -0.713. The number of aliphatic carboxylic acids is 1. The summed E-state index contributed by atoms with van der Waals surface area (Å²) in [6.07, 6.45) is 0.00114. The third-order valence-electron chi connectivity index (χ3n) is 2.98. The molecule has 0 radical (unpaired) electrons. The fraction of sp³-hybridized carbons (Fsp3) is 0.357. The van der Waals surface area contributed by atoms with E-state index >= 15 is 0 Å². The first-order valence-electron chi connectivity index (χ1n) is 6.28. The van der Waals surface area contributed by atoms with E-state index in [1.54, 1.807) is 0 Å². The molecule has 1 heterocycles. The van der Waals surface area contributed by atoms with Crippen molar-refractivity contribution >= 4 is 34.5 Å². The molecule has 1 aliphatic rings. The van der Waals surface area contributed by atoms with E-state index in [1.165, 1.54) is 11.8 Å². The molecule has 1 N–H and O–H groups in total. The van der Waals surface area contributed by atoms with Crippen LogP contribution in [0.25, 0.3) is 0 Å². The highest BCUT2D eigenvalue weighted by atomic mass is 32.2. The lowest BCUT2D eigenvalue weighted by molar-refractivity contribution is -0.136. The number of thioether (sulfide) groups is 1. The van der Waals surface area contributed by atoms with E-state index in [9.17, 15) is 9.59 Å². The minimum absolute atomic E-state index is 0.00114. The summed E-state index contributed by atoms with van der Waals surface area (Å²) in [5, 5.41) is 9.48. The van der Waals surface area contributed by atoms with Crippen molar-refractivity contribution in [3.05, 3.63) is 29.3 Å². The molecule has 1 aromatic rings. The van der Waals surface area contributed by atoms with Gasteiger partial charge < -0.3 is 10.0 Å². The molecule has 0 saturated carbocycles. The Morgan fingerprint density at radius 1 is 1.45 bits per heavy atom. The molecule has 106 valence electrons. The lowest BCUT2D eigenvalue weighted by Crippen LogP contribution is -2.31. The highest BCUT2D eigenvalue weighted by Crippen LogP contribution is 2.27. The van der Waals surface area contributed by atoms with Crippen LogP contribution in [0, 0.1) is 13.8 Å². The van der Waals surface area contributed by atoms with Crippen LogP contribution < -0.4 is 4.90 Å². The number of hydrogen-bond donors (Lipinski definition) is 1. The average Bonchev–Trinajstić information content (AvgIpc) is 2.80. The van der Waals surface area contributed by atoms with Crippen molar-refractivity contribution in [3.8, 4) is 0 Å². The minimum Gasteiger partial charge on any atom is -0.481 e. The van der Waals surface area contributed by atoms with Crippen LogP contribution in [0.4, 0.5) is 5.69 Å². The number of carbonyl (C=O) groups excluding carboxylic acids is 1. The van der Waals surface area contributed by atoms with Gasteiger partial charge in [-0.1, -0.05) is 23.9 Å². The standard InChI is InChI=1S/C14H16N2O3S/c1-9-3-4-10(2)11(7-9)16(6-5-13(18)19)14-15-12(17)8-20-14/h3-4,7H,5-6,8H2,1-2H3,(H,18,19). The van der Waals surface area contributed by atoms with E-state index in [4.69, 9.17) is 5.11 Å². The zero-order valence-corrected chi connectivity index (χ0v) is 12.2. The van der Waals surface area contributed by atoms with Crippen LogP contribution in [-0.4, -0.2) is 34.4 Å². The normalized spacial score (nSPS) is 14.3. The summed E-state index contributed by atoms with van der Waals surface area (Å²) in [5.41, 5.74) is 3.02. The van der Waals surface area contributed by atoms with Crippen molar-refractivity contribution in [2.45, 2.75) is 20.3 Å². The molecule has 0 aromatic heterocycles. The Bertz CT molecular complexity index is 584. The van der Waals surface area contributed by atoms with Crippen molar-refractivity contribution < 1.29 is 14.7 Å². The average molecular weight is 292 g/mol. The van der Waals surface area contributed by atoms with Gasteiger partial charge in [-0.3, -0.25) is 9.59 Å². The van der Waals surface area contributed by atoms with Gasteiger partial charge in [0, 0.05) is 12.2 Å². The number of carboxylic acid groups (broad SMARTS) is 1. The smallest absolute Gasteiger partial charge is 0.305 e. The molecular formula is C14H16N2O3S. The van der Waals surface area contributed by atoms with Gasteiger partial charge in [-0.15, -0.1) is 0 Å². The Kier molecular flexibility index (Phi) is 4.44. The number of amidine groups is 1. The van der Waals surface area contributed by atoms with E-state index in [2.05, 4.69) is 4.99 Å². The fourth-order valence-electron chi connectivity index (χ4n) is 1.97. The predicted octanol–water partition coefficient (Wildman–Crippen LogP) is 2.21. The van der Waals surface area contributed by atoms with Crippen LogP contribution >= 0.6 is 11.8 Å². The van der Waals surface area contributed by atoms with Gasteiger partial charge in [0.15, 0.2) is 5.17 Å². The van der Waals surface area contributed by atoms with Gasteiger partial charge in [0.05, 0.1) is 12.2 Å². The first-order chi connectivity index (χ1) is 9.47. The fourth-order valence-corrected chi connectivity index (χ4v) is 2.80. The van der Waals surface area contributed by atoms with Crippen molar-refractivity contribution in [2.24, 2.45) is 4.99 Å². The van der Waals surface area contributed by atoms with Crippen LogP contribution in [0.1, 0.15) is 17.5 Å². The second-order valence-electron chi connectivity index (χ2n) is 4.66. The molecule has 0 atom stereocenters. The van der Waals surface area contributed by atoms with Crippen LogP contribution in [0.15, 0.2) is 23.2 Å². The lowest BCUT2D eigenvalue weighted by Gasteiger charge is -2.25. The SMILES string of the molecule is Cc1ccc(C)c(N(CCC(=O)O)C2=NC(=O)CS2)c1. The van der Waals surface area contributed by atoms with Crippen molar-refractivity contribution in [1.29, 1.82) is 0 Å². The zero-order valence-electron chi connectivity index (χ0n) is 11.4. The Balaban J connectivity index is 2.35. The first-order valence-corrected chi connectivity index (χ1v) is 7.27. The highest BCUT2D eigenvalue weighted by molar-refractivity contribution is 8.15. The number of aliphatic imine (C=N–C) groups is 1. The van der Waals surface area contributed by atoms with Gasteiger partial charge in [0.25, 0.3) is 5.91 Å². The lowest BCUT2D eigenvalue weighted by atomic mass is 10.1. The zero-order chi connectivity index (χ0) is 14.7. The van der Waals surface area contributed by atoms with Gasteiger partial charge in [0.2, 0.25) is 0 Å². The molecule has 6 heteroatoms. The molecule has 0 unspecified atom stereocenters. The summed E-state index contributed by atoms with van der Waals surface area (Å²) in [4.78, 5) is 28.0. The van der Waals surface area contributed by atoms with Crippen LogP contribution in [0.2, 0.25) is 0 Å². The number of anilines is 1. The number of aryl methyl sites for hydroxylation is 2. The Morgan fingerprint density at radius 2 is 2.20 bits per heavy atom. The van der Waals surface area contributed by atoms with E-state index in [0.29, 0.717) is 17.5 Å². The summed E-state index contributed by atoms with van der Waals surface area (Å²) in [6.45, 7) is 4.25. The molecule has 0 fully saturated rings. The summed E-state index contributed by atoms with van der Waals surface area (Å²) < 4.78 is 0. The summed E-state index contributed by atoms with van der Waals surface area (Å²) in [7, 11) is 0. The van der Waals surface area contributed by atoms with Crippen molar-refractivity contribution in [1.82, 2.24) is 0 Å². The maximum absolute atomic E-state index is 11.3. The molecule has 0 saturated heterocycles. The number of hydrogen-bond acceptors (Lipinski definition) is 4. The maximum Gasteiger partial charge on any atom is 0.305 e. The molecule has 2 rings (SSSR count). The summed E-state index contributed by atoms with van der Waals surface area (Å²) >= 11 is 1.35.